The van der Waals surface area contributed by atoms with Crippen molar-refractivity contribution in [3.05, 3.63) is 29.1 Å². The molecule has 0 saturated heterocycles. The Morgan fingerprint density at radius 2 is 1.60 bits per heavy atom. The van der Waals surface area contributed by atoms with Crippen molar-refractivity contribution in [3.8, 4) is 0 Å². The smallest absolute Gasteiger partial charge is 0.368 e. The summed E-state index contributed by atoms with van der Waals surface area (Å²) in [5.74, 6) is -5.23. The maximum atomic E-state index is 13.0. The Labute approximate surface area is 84.0 Å². The second-order valence-corrected chi connectivity index (χ2v) is 4.88. The normalized spacial score (nSPS) is 11.9. The lowest BCUT2D eigenvalue weighted by molar-refractivity contribution is 0.300. The quantitative estimate of drug-likeness (QED) is 0.334. The van der Waals surface area contributed by atoms with Crippen LogP contribution in [0.25, 0.3) is 0 Å². The predicted molar refractivity (Wildman–Crippen MR) is 45.7 cm³/mol. The van der Waals surface area contributed by atoms with Crippen molar-refractivity contribution in [2.75, 3.05) is 7.11 Å². The third-order valence-electron chi connectivity index (χ3n) is 1.90. The maximum absolute atomic E-state index is 13.0. The first kappa shape index (κ1) is 12.1. The lowest BCUT2D eigenvalue weighted by Gasteiger charge is -2.12. The largest absolute Gasteiger partial charge is 0.617 e. The van der Waals surface area contributed by atoms with Crippen molar-refractivity contribution in [1.82, 2.24) is 0 Å². The lowest BCUT2D eigenvalue weighted by atomic mass is 10.2. The lowest BCUT2D eigenvalue weighted by Crippen LogP contribution is -2.44. The molecule has 1 rings (SSSR count). The van der Waals surface area contributed by atoms with Crippen LogP contribution in [0.1, 0.15) is 5.56 Å². The van der Waals surface area contributed by atoms with Crippen molar-refractivity contribution >= 4 is 14.2 Å². The van der Waals surface area contributed by atoms with Crippen LogP contribution in [0.15, 0.2) is 6.07 Å². The van der Waals surface area contributed by atoms with Gasteiger partial charge in [-0.05, 0) is 18.6 Å². The zero-order valence-electron chi connectivity index (χ0n) is 7.88. The highest BCUT2D eigenvalue weighted by atomic mass is 28.4. The van der Waals surface area contributed by atoms with Crippen molar-refractivity contribution in [2.24, 2.45) is 0 Å². The van der Waals surface area contributed by atoms with E-state index >= 15 is 0 Å². The summed E-state index contributed by atoms with van der Waals surface area (Å²) in [6, 6.07) is 0.573. The number of hydrogen-bond donors (Lipinski definition) is 0. The van der Waals surface area contributed by atoms with Crippen LogP contribution < -0.4 is 5.19 Å². The van der Waals surface area contributed by atoms with E-state index in [0.717, 1.165) is 6.92 Å². The Morgan fingerprint density at radius 3 is 2.07 bits per heavy atom. The van der Waals surface area contributed by atoms with Crippen LogP contribution in [0.4, 0.5) is 21.4 Å². The van der Waals surface area contributed by atoms with Gasteiger partial charge in [-0.15, -0.1) is 0 Å². The first-order valence-electron chi connectivity index (χ1n) is 3.88. The fourth-order valence-electron chi connectivity index (χ4n) is 1.05. The Bertz CT molecular complexity index is 393. The molecule has 0 spiro atoms. The van der Waals surface area contributed by atoms with Gasteiger partial charge < -0.3 is 4.43 Å². The van der Waals surface area contributed by atoms with Gasteiger partial charge in [0.1, 0.15) is 0 Å². The van der Waals surface area contributed by atoms with Gasteiger partial charge in [0.05, 0.1) is 5.19 Å². The molecule has 0 saturated carbocycles. The summed E-state index contributed by atoms with van der Waals surface area (Å²) >= 11 is 0. The van der Waals surface area contributed by atoms with Crippen molar-refractivity contribution in [1.29, 1.82) is 0 Å². The highest BCUT2D eigenvalue weighted by molar-refractivity contribution is 6.74. The fraction of sp³-hybridized carbons (Fsp3) is 0.250. The molecule has 0 heterocycles. The Hall–Kier alpha value is -0.953. The van der Waals surface area contributed by atoms with Gasteiger partial charge in [0, 0.05) is 7.11 Å². The SMILES string of the molecule is CO[Si](F)(F)c1cc(C)c(F)c(F)c1F. The molecule has 0 aromatic heterocycles. The average Bonchev–Trinajstić information content (AvgIpc) is 2.20. The molecule has 0 aliphatic rings. The molecule has 0 unspecified atom stereocenters. The molecule has 1 aromatic rings. The molecule has 0 aliphatic carbocycles. The first-order valence-corrected chi connectivity index (χ1v) is 5.55. The third-order valence-corrected chi connectivity index (χ3v) is 3.40. The van der Waals surface area contributed by atoms with Gasteiger partial charge in [-0.3, -0.25) is 0 Å². The van der Waals surface area contributed by atoms with E-state index in [-0.39, 0.29) is 5.56 Å². The minimum absolute atomic E-state index is 0.381. The molecule has 0 N–H and O–H groups in total. The summed E-state index contributed by atoms with van der Waals surface area (Å²) in [4.78, 5) is 0. The summed E-state index contributed by atoms with van der Waals surface area (Å²) in [6.07, 6.45) is 0. The monoisotopic (exact) mass is 242 g/mol. The molecule has 15 heavy (non-hydrogen) atoms. The number of halogens is 5. The summed E-state index contributed by atoms with van der Waals surface area (Å²) in [5.41, 5.74) is -0.381. The van der Waals surface area contributed by atoms with Gasteiger partial charge in [0.25, 0.3) is 0 Å². The molecule has 0 atom stereocenters. The molecule has 1 nitrogen and oxygen atoms in total. The minimum Gasteiger partial charge on any atom is -0.368 e. The van der Waals surface area contributed by atoms with Crippen LogP contribution in [-0.2, 0) is 4.43 Å². The highest BCUT2D eigenvalue weighted by Crippen LogP contribution is 2.18. The molecular weight excluding hydrogens is 235 g/mol. The van der Waals surface area contributed by atoms with Crippen LogP contribution in [0.3, 0.4) is 0 Å². The number of rotatable bonds is 2. The molecule has 0 fully saturated rings. The van der Waals surface area contributed by atoms with E-state index in [0.29, 0.717) is 13.2 Å². The van der Waals surface area contributed by atoms with Gasteiger partial charge in [0.2, 0.25) is 0 Å². The first-order chi connectivity index (χ1) is 6.81. The third kappa shape index (κ3) is 2.02. The highest BCUT2D eigenvalue weighted by Gasteiger charge is 2.44. The van der Waals surface area contributed by atoms with Gasteiger partial charge in [-0.1, -0.05) is 0 Å². The second-order valence-electron chi connectivity index (χ2n) is 2.90. The predicted octanol–water partition coefficient (Wildman–Crippen LogP) is 2.14. The molecular formula is C8H7F5OSi. The Morgan fingerprint density at radius 1 is 1.07 bits per heavy atom. The summed E-state index contributed by atoms with van der Waals surface area (Å²) in [5, 5.41) is -1.18. The Kier molecular flexibility index (Phi) is 3.15. The minimum atomic E-state index is -5.47. The fourth-order valence-corrected chi connectivity index (χ4v) is 2.02. The van der Waals surface area contributed by atoms with Crippen LogP contribution in [-0.4, -0.2) is 16.1 Å². The Balaban J connectivity index is 3.45. The number of benzene rings is 1. The van der Waals surface area contributed by atoms with E-state index in [1.54, 1.807) is 0 Å². The topological polar surface area (TPSA) is 9.23 Å². The number of aryl methyl sites for hydroxylation is 1. The average molecular weight is 242 g/mol. The van der Waals surface area contributed by atoms with E-state index in [2.05, 4.69) is 4.43 Å². The van der Waals surface area contributed by atoms with Gasteiger partial charge in [-0.2, -0.15) is 0 Å². The van der Waals surface area contributed by atoms with Crippen LogP contribution in [0.5, 0.6) is 0 Å². The molecule has 0 amide bonds. The molecule has 0 radical (unpaired) electrons. The summed E-state index contributed by atoms with van der Waals surface area (Å²) in [6.45, 7) is 1.07. The van der Waals surface area contributed by atoms with Crippen molar-refractivity contribution in [3.63, 3.8) is 0 Å². The van der Waals surface area contributed by atoms with Crippen LogP contribution in [0, 0.1) is 24.4 Å². The van der Waals surface area contributed by atoms with Crippen molar-refractivity contribution in [2.45, 2.75) is 6.92 Å². The molecule has 1 aromatic carbocycles. The van der Waals surface area contributed by atoms with Crippen LogP contribution >= 0.6 is 0 Å². The molecule has 0 aliphatic heterocycles. The van der Waals surface area contributed by atoms with E-state index in [9.17, 15) is 21.4 Å². The number of hydrogen-bond acceptors (Lipinski definition) is 1. The van der Waals surface area contributed by atoms with E-state index < -0.39 is 31.6 Å². The van der Waals surface area contributed by atoms with Gasteiger partial charge >= 0.3 is 8.99 Å². The van der Waals surface area contributed by atoms with E-state index in [4.69, 9.17) is 0 Å². The molecule has 0 bridgehead atoms. The zero-order chi connectivity index (χ0) is 11.8. The summed E-state index contributed by atoms with van der Waals surface area (Å²) in [7, 11) is -4.77. The van der Waals surface area contributed by atoms with Crippen LogP contribution in [0.2, 0.25) is 0 Å². The van der Waals surface area contributed by atoms with Crippen molar-refractivity contribution < 1.29 is 25.8 Å². The molecule has 84 valence electrons. The van der Waals surface area contributed by atoms with Gasteiger partial charge in [0.15, 0.2) is 17.5 Å². The zero-order valence-corrected chi connectivity index (χ0v) is 8.88. The maximum Gasteiger partial charge on any atom is 0.617 e. The van der Waals surface area contributed by atoms with E-state index in [1.165, 1.54) is 0 Å². The molecule has 7 heteroatoms. The standard InChI is InChI=1S/C8H7F5OSi/c1-4-3-5(15(12,13)14-2)7(10)8(11)6(4)9/h3H,1-2H3. The van der Waals surface area contributed by atoms with Gasteiger partial charge in [-0.25, -0.2) is 21.4 Å². The summed E-state index contributed by atoms with van der Waals surface area (Å²) < 4.78 is 68.4. The van der Waals surface area contributed by atoms with E-state index in [1.807, 2.05) is 0 Å². The second kappa shape index (κ2) is 3.90.